The van der Waals surface area contributed by atoms with Crippen LogP contribution in [0.15, 0.2) is 30.3 Å². The fourth-order valence-corrected chi connectivity index (χ4v) is 1.91. The van der Waals surface area contributed by atoms with Gasteiger partial charge in [0.1, 0.15) is 0 Å². The second-order valence-corrected chi connectivity index (χ2v) is 4.80. The van der Waals surface area contributed by atoms with E-state index in [-0.39, 0.29) is 24.4 Å². The average Bonchev–Trinajstić information content (AvgIpc) is 2.44. The van der Waals surface area contributed by atoms with Gasteiger partial charge in [-0.3, -0.25) is 4.79 Å². The van der Waals surface area contributed by atoms with Crippen molar-refractivity contribution < 1.29 is 4.79 Å². The van der Waals surface area contributed by atoms with Crippen LogP contribution >= 0.6 is 12.4 Å². The van der Waals surface area contributed by atoms with Crippen molar-refractivity contribution in [1.82, 2.24) is 5.32 Å². The first kappa shape index (κ1) is 18.7. The maximum absolute atomic E-state index is 11.6. The summed E-state index contributed by atoms with van der Waals surface area (Å²) in [4.78, 5) is 13.8. The summed E-state index contributed by atoms with van der Waals surface area (Å²) in [6, 6.07) is 9.85. The predicted molar refractivity (Wildman–Crippen MR) is 87.5 cm³/mol. The Balaban J connectivity index is 0.00000361. The summed E-state index contributed by atoms with van der Waals surface area (Å²) in [5.74, 6) is -0.0378. The summed E-state index contributed by atoms with van der Waals surface area (Å²) in [7, 11) is 2.06. The quantitative estimate of drug-likeness (QED) is 0.723. The first-order valence-electron chi connectivity index (χ1n) is 6.94. The normalized spacial score (nSPS) is 11.3. The Morgan fingerprint density at radius 2 is 2.00 bits per heavy atom. The second-order valence-electron chi connectivity index (χ2n) is 4.80. The number of carbonyl (C=O) groups is 1. The van der Waals surface area contributed by atoms with Crippen molar-refractivity contribution in [2.45, 2.75) is 32.2 Å². The lowest BCUT2D eigenvalue weighted by molar-refractivity contribution is -0.122. The van der Waals surface area contributed by atoms with Crippen molar-refractivity contribution in [3.05, 3.63) is 30.3 Å². The highest BCUT2D eigenvalue weighted by Crippen LogP contribution is 2.10. The lowest BCUT2D eigenvalue weighted by atomic mass is 10.1. The monoisotopic (exact) mass is 299 g/mol. The van der Waals surface area contributed by atoms with Gasteiger partial charge in [0.15, 0.2) is 0 Å². The highest BCUT2D eigenvalue weighted by molar-refractivity contribution is 5.85. The van der Waals surface area contributed by atoms with E-state index in [1.165, 1.54) is 5.69 Å². The van der Waals surface area contributed by atoms with Gasteiger partial charge >= 0.3 is 0 Å². The van der Waals surface area contributed by atoms with Gasteiger partial charge in [-0.2, -0.15) is 0 Å². The van der Waals surface area contributed by atoms with E-state index in [0.717, 1.165) is 25.8 Å². The van der Waals surface area contributed by atoms with Gasteiger partial charge in [0.2, 0.25) is 5.91 Å². The number of para-hydroxylation sites is 1. The molecule has 1 aromatic carbocycles. The largest absolute Gasteiger partial charge is 0.375 e. The molecule has 0 spiro atoms. The molecule has 0 radical (unpaired) electrons. The predicted octanol–water partition coefficient (Wildman–Crippen LogP) is 2.18. The molecule has 1 amide bonds. The highest BCUT2D eigenvalue weighted by atomic mass is 35.5. The molecule has 1 aromatic rings. The summed E-state index contributed by atoms with van der Waals surface area (Å²) in [5, 5.41) is 2.88. The number of nitrogens with two attached hydrogens (primary N) is 1. The topological polar surface area (TPSA) is 58.4 Å². The van der Waals surface area contributed by atoms with Crippen molar-refractivity contribution >= 4 is 24.0 Å². The first-order chi connectivity index (χ1) is 9.15. The van der Waals surface area contributed by atoms with Crippen molar-refractivity contribution in [2.75, 3.05) is 25.0 Å². The molecule has 3 N–H and O–H groups in total. The SMILES string of the molecule is CCCC(N)C(=O)NCCCN(C)c1ccccc1.Cl. The zero-order chi connectivity index (χ0) is 14.1. The van der Waals surface area contributed by atoms with Gasteiger partial charge in [0.25, 0.3) is 0 Å². The molecule has 0 saturated heterocycles. The molecule has 0 aliphatic heterocycles. The molecule has 0 saturated carbocycles. The molecule has 20 heavy (non-hydrogen) atoms. The van der Waals surface area contributed by atoms with E-state index >= 15 is 0 Å². The van der Waals surface area contributed by atoms with Crippen LogP contribution in [0.5, 0.6) is 0 Å². The summed E-state index contributed by atoms with van der Waals surface area (Å²) >= 11 is 0. The number of nitrogens with one attached hydrogen (secondary N) is 1. The molecule has 4 nitrogen and oxygen atoms in total. The molecular formula is C15H26ClN3O. The summed E-state index contributed by atoms with van der Waals surface area (Å²) in [6.45, 7) is 3.61. The van der Waals surface area contributed by atoms with Gasteiger partial charge in [-0.25, -0.2) is 0 Å². The Labute approximate surface area is 128 Å². The zero-order valence-corrected chi connectivity index (χ0v) is 13.2. The molecule has 0 bridgehead atoms. The Kier molecular flexibility index (Phi) is 9.86. The van der Waals surface area contributed by atoms with Crippen molar-refractivity contribution in [1.29, 1.82) is 0 Å². The van der Waals surface area contributed by atoms with Crippen LogP contribution in [-0.2, 0) is 4.79 Å². The van der Waals surface area contributed by atoms with Crippen LogP contribution < -0.4 is 16.0 Å². The molecule has 1 unspecified atom stereocenters. The molecule has 114 valence electrons. The number of hydrogen-bond acceptors (Lipinski definition) is 3. The number of benzene rings is 1. The minimum atomic E-state index is -0.364. The van der Waals surface area contributed by atoms with Gasteiger partial charge in [0, 0.05) is 25.8 Å². The molecular weight excluding hydrogens is 274 g/mol. The van der Waals surface area contributed by atoms with Crippen LogP contribution in [0.25, 0.3) is 0 Å². The van der Waals surface area contributed by atoms with Gasteiger partial charge in [0.05, 0.1) is 6.04 Å². The summed E-state index contributed by atoms with van der Waals surface area (Å²) in [5.41, 5.74) is 6.93. The zero-order valence-electron chi connectivity index (χ0n) is 12.3. The number of halogens is 1. The van der Waals surface area contributed by atoms with Crippen LogP contribution in [0.4, 0.5) is 5.69 Å². The molecule has 0 aliphatic rings. The van der Waals surface area contributed by atoms with Gasteiger partial charge in [-0.15, -0.1) is 12.4 Å². The standard InChI is InChI=1S/C15H25N3O.ClH/c1-3-8-14(16)15(19)17-11-7-12-18(2)13-9-5-4-6-10-13;/h4-6,9-10,14H,3,7-8,11-12,16H2,1-2H3,(H,17,19);1H. The molecule has 0 aromatic heterocycles. The highest BCUT2D eigenvalue weighted by Gasteiger charge is 2.10. The molecule has 5 heteroatoms. The van der Waals surface area contributed by atoms with Gasteiger partial charge in [-0.05, 0) is 25.0 Å². The first-order valence-corrected chi connectivity index (χ1v) is 6.94. The van der Waals surface area contributed by atoms with Crippen LogP contribution in [0, 0.1) is 0 Å². The number of hydrogen-bond donors (Lipinski definition) is 2. The van der Waals surface area contributed by atoms with E-state index in [0.29, 0.717) is 6.54 Å². The van der Waals surface area contributed by atoms with Crippen LogP contribution in [0.1, 0.15) is 26.2 Å². The van der Waals surface area contributed by atoms with E-state index in [4.69, 9.17) is 5.73 Å². The van der Waals surface area contributed by atoms with Crippen LogP contribution in [-0.4, -0.2) is 32.1 Å². The van der Waals surface area contributed by atoms with Crippen molar-refractivity contribution in [3.8, 4) is 0 Å². The van der Waals surface area contributed by atoms with Gasteiger partial charge < -0.3 is 16.0 Å². The number of anilines is 1. The minimum Gasteiger partial charge on any atom is -0.375 e. The van der Waals surface area contributed by atoms with E-state index in [2.05, 4.69) is 29.4 Å². The average molecular weight is 300 g/mol. The van der Waals surface area contributed by atoms with E-state index in [9.17, 15) is 4.79 Å². The maximum Gasteiger partial charge on any atom is 0.236 e. The fourth-order valence-electron chi connectivity index (χ4n) is 1.91. The van der Waals surface area contributed by atoms with Gasteiger partial charge in [-0.1, -0.05) is 31.5 Å². The van der Waals surface area contributed by atoms with Crippen LogP contribution in [0.3, 0.4) is 0 Å². The van der Waals surface area contributed by atoms with E-state index in [1.54, 1.807) is 0 Å². The maximum atomic E-state index is 11.6. The third kappa shape index (κ3) is 6.78. The number of carbonyl (C=O) groups excluding carboxylic acids is 1. The molecule has 1 atom stereocenters. The second kappa shape index (κ2) is 10.5. The Morgan fingerprint density at radius 1 is 1.35 bits per heavy atom. The van der Waals surface area contributed by atoms with Crippen LogP contribution in [0.2, 0.25) is 0 Å². The number of rotatable bonds is 8. The summed E-state index contributed by atoms with van der Waals surface area (Å²) < 4.78 is 0. The van der Waals surface area contributed by atoms with E-state index < -0.39 is 0 Å². The third-order valence-electron chi connectivity index (χ3n) is 3.10. The van der Waals surface area contributed by atoms with Crippen molar-refractivity contribution in [2.24, 2.45) is 5.73 Å². The lowest BCUT2D eigenvalue weighted by Gasteiger charge is -2.19. The fraction of sp³-hybridized carbons (Fsp3) is 0.533. The Morgan fingerprint density at radius 3 is 2.60 bits per heavy atom. The smallest absolute Gasteiger partial charge is 0.236 e. The van der Waals surface area contributed by atoms with Crippen molar-refractivity contribution in [3.63, 3.8) is 0 Å². The molecule has 0 heterocycles. The lowest BCUT2D eigenvalue weighted by Crippen LogP contribution is -2.41. The Hall–Kier alpha value is -1.26. The number of amides is 1. The third-order valence-corrected chi connectivity index (χ3v) is 3.10. The molecule has 0 aliphatic carbocycles. The minimum absolute atomic E-state index is 0. The molecule has 1 rings (SSSR count). The summed E-state index contributed by atoms with van der Waals surface area (Å²) in [6.07, 6.45) is 2.59. The van der Waals surface area contributed by atoms with E-state index in [1.807, 2.05) is 25.1 Å². The molecule has 0 fully saturated rings. The Bertz CT molecular complexity index is 373. The number of nitrogens with zero attached hydrogens (tertiary/aromatic N) is 1.